The lowest BCUT2D eigenvalue weighted by atomic mass is 10.1. The van der Waals surface area contributed by atoms with Gasteiger partial charge >= 0.3 is 0 Å². The third kappa shape index (κ3) is 5.12. The van der Waals surface area contributed by atoms with E-state index in [-0.39, 0.29) is 30.4 Å². The highest BCUT2D eigenvalue weighted by Gasteiger charge is 2.16. The molecule has 0 aromatic heterocycles. The molecule has 1 rings (SSSR count). The maximum Gasteiger partial charge on any atom is 0.224 e. The van der Waals surface area contributed by atoms with Crippen molar-refractivity contribution in [3.05, 3.63) is 35.4 Å². The molecule has 0 spiro atoms. The van der Waals surface area contributed by atoms with Gasteiger partial charge in [0.25, 0.3) is 0 Å². The van der Waals surface area contributed by atoms with Crippen molar-refractivity contribution in [2.75, 3.05) is 20.1 Å². The van der Waals surface area contributed by atoms with Crippen LogP contribution in [-0.4, -0.2) is 30.9 Å². The Labute approximate surface area is 118 Å². The van der Waals surface area contributed by atoms with Crippen LogP contribution in [0.25, 0.3) is 0 Å². The van der Waals surface area contributed by atoms with E-state index >= 15 is 0 Å². The maximum atomic E-state index is 13.5. The first kappa shape index (κ1) is 17.8. The van der Waals surface area contributed by atoms with Gasteiger partial charge in [-0.05, 0) is 26.1 Å². The van der Waals surface area contributed by atoms with Crippen molar-refractivity contribution in [1.29, 1.82) is 0 Å². The molecular formula is C13H19ClF2N2O. The number of nitrogens with zero attached hydrogens (tertiary/aromatic N) is 1. The number of nitrogens with one attached hydrogen (secondary N) is 1. The molecule has 0 saturated carbocycles. The SMILES string of the molecule is CCN(Cc1c(F)cccc1F)C(=O)CCNC.Cl. The van der Waals surface area contributed by atoms with Crippen LogP contribution >= 0.6 is 12.4 Å². The Hall–Kier alpha value is -1.20. The van der Waals surface area contributed by atoms with Crippen LogP contribution in [0, 0.1) is 11.6 Å². The normalized spacial score (nSPS) is 9.89. The monoisotopic (exact) mass is 292 g/mol. The number of carbonyl (C=O) groups is 1. The minimum atomic E-state index is -0.616. The zero-order chi connectivity index (χ0) is 13.5. The van der Waals surface area contributed by atoms with Crippen molar-refractivity contribution < 1.29 is 13.6 Å². The second-order valence-electron chi connectivity index (χ2n) is 3.96. The van der Waals surface area contributed by atoms with Gasteiger partial charge in [0.1, 0.15) is 11.6 Å². The standard InChI is InChI=1S/C13H18F2N2O.ClH/c1-3-17(13(18)7-8-16-2)9-10-11(14)5-4-6-12(10)15;/h4-6,16H,3,7-9H2,1-2H3;1H. The van der Waals surface area contributed by atoms with Gasteiger partial charge in [-0.25, -0.2) is 8.78 Å². The van der Waals surface area contributed by atoms with Crippen LogP contribution in [0.4, 0.5) is 8.78 Å². The second kappa shape index (κ2) is 8.82. The molecule has 0 aliphatic carbocycles. The van der Waals surface area contributed by atoms with E-state index in [1.807, 2.05) is 0 Å². The molecule has 0 aliphatic rings. The fraction of sp³-hybridized carbons (Fsp3) is 0.462. The van der Waals surface area contributed by atoms with Crippen molar-refractivity contribution in [2.24, 2.45) is 0 Å². The van der Waals surface area contributed by atoms with Crippen LogP contribution in [0.1, 0.15) is 18.9 Å². The number of hydrogen-bond acceptors (Lipinski definition) is 2. The van der Waals surface area contributed by atoms with Gasteiger partial charge in [0.2, 0.25) is 5.91 Å². The molecule has 6 heteroatoms. The minimum Gasteiger partial charge on any atom is -0.338 e. The Bertz CT molecular complexity index is 395. The van der Waals surface area contributed by atoms with E-state index in [0.29, 0.717) is 19.5 Å². The lowest BCUT2D eigenvalue weighted by Gasteiger charge is -2.21. The third-order valence-electron chi connectivity index (χ3n) is 2.73. The summed E-state index contributed by atoms with van der Waals surface area (Å²) < 4.78 is 26.9. The summed E-state index contributed by atoms with van der Waals surface area (Å²) in [4.78, 5) is 13.2. The van der Waals surface area contributed by atoms with Gasteiger partial charge in [0, 0.05) is 25.1 Å². The zero-order valence-corrected chi connectivity index (χ0v) is 11.9. The quantitative estimate of drug-likeness (QED) is 0.873. The highest BCUT2D eigenvalue weighted by Crippen LogP contribution is 2.15. The van der Waals surface area contributed by atoms with Crippen molar-refractivity contribution >= 4 is 18.3 Å². The molecule has 0 heterocycles. The summed E-state index contributed by atoms with van der Waals surface area (Å²) in [7, 11) is 1.75. The number of benzene rings is 1. The van der Waals surface area contributed by atoms with Crippen LogP contribution in [0.15, 0.2) is 18.2 Å². The highest BCUT2D eigenvalue weighted by atomic mass is 35.5. The summed E-state index contributed by atoms with van der Waals surface area (Å²) in [6.07, 6.45) is 0.320. The average Bonchev–Trinajstić information content (AvgIpc) is 2.35. The molecule has 0 saturated heterocycles. The molecule has 1 N–H and O–H groups in total. The summed E-state index contributed by atoms with van der Waals surface area (Å²) in [5.41, 5.74) is -0.0582. The number of halogens is 3. The fourth-order valence-corrected chi connectivity index (χ4v) is 1.64. The molecule has 0 radical (unpaired) electrons. The first-order chi connectivity index (χ1) is 8.60. The second-order valence-corrected chi connectivity index (χ2v) is 3.96. The van der Waals surface area contributed by atoms with E-state index in [0.717, 1.165) is 0 Å². The van der Waals surface area contributed by atoms with E-state index in [1.54, 1.807) is 14.0 Å². The molecule has 108 valence electrons. The lowest BCUT2D eigenvalue weighted by Crippen LogP contribution is -2.32. The van der Waals surface area contributed by atoms with Gasteiger partial charge < -0.3 is 10.2 Å². The maximum absolute atomic E-state index is 13.5. The van der Waals surface area contributed by atoms with Crippen LogP contribution in [0.5, 0.6) is 0 Å². The molecule has 1 aromatic carbocycles. The molecule has 0 unspecified atom stereocenters. The molecule has 0 bridgehead atoms. The fourth-order valence-electron chi connectivity index (χ4n) is 1.64. The van der Waals surface area contributed by atoms with Crippen LogP contribution in [-0.2, 0) is 11.3 Å². The molecule has 0 fully saturated rings. The smallest absolute Gasteiger partial charge is 0.224 e. The van der Waals surface area contributed by atoms with Gasteiger partial charge in [-0.15, -0.1) is 12.4 Å². The molecule has 0 aliphatic heterocycles. The zero-order valence-electron chi connectivity index (χ0n) is 11.1. The largest absolute Gasteiger partial charge is 0.338 e. The van der Waals surface area contributed by atoms with Gasteiger partial charge in [0.05, 0.1) is 6.54 Å². The third-order valence-corrected chi connectivity index (χ3v) is 2.73. The number of carbonyl (C=O) groups excluding carboxylic acids is 1. The van der Waals surface area contributed by atoms with Crippen molar-refractivity contribution in [1.82, 2.24) is 10.2 Å². The Morgan fingerprint density at radius 1 is 1.32 bits per heavy atom. The summed E-state index contributed by atoms with van der Waals surface area (Å²) in [5.74, 6) is -1.35. The summed E-state index contributed by atoms with van der Waals surface area (Å²) in [5, 5.41) is 2.87. The minimum absolute atomic E-state index is 0. The van der Waals surface area contributed by atoms with Gasteiger partial charge in [-0.2, -0.15) is 0 Å². The molecule has 1 aromatic rings. The van der Waals surface area contributed by atoms with Gasteiger partial charge in [-0.1, -0.05) is 6.07 Å². The molecular weight excluding hydrogens is 274 g/mol. The van der Waals surface area contributed by atoms with Crippen LogP contribution < -0.4 is 5.32 Å². The first-order valence-corrected chi connectivity index (χ1v) is 5.95. The summed E-state index contributed by atoms with van der Waals surface area (Å²) >= 11 is 0. The van der Waals surface area contributed by atoms with Crippen molar-refractivity contribution in [3.8, 4) is 0 Å². The first-order valence-electron chi connectivity index (χ1n) is 5.95. The predicted molar refractivity (Wildman–Crippen MR) is 73.2 cm³/mol. The van der Waals surface area contributed by atoms with E-state index in [1.165, 1.54) is 23.1 Å². The van der Waals surface area contributed by atoms with E-state index < -0.39 is 11.6 Å². The summed E-state index contributed by atoms with van der Waals surface area (Å²) in [6, 6.07) is 3.71. The van der Waals surface area contributed by atoms with Crippen LogP contribution in [0.2, 0.25) is 0 Å². The number of amides is 1. The predicted octanol–water partition coefficient (Wildman–Crippen LogP) is 2.34. The lowest BCUT2D eigenvalue weighted by molar-refractivity contribution is -0.131. The number of rotatable bonds is 6. The van der Waals surface area contributed by atoms with E-state index in [2.05, 4.69) is 5.32 Å². The number of hydrogen-bond donors (Lipinski definition) is 1. The van der Waals surface area contributed by atoms with E-state index in [4.69, 9.17) is 0 Å². The van der Waals surface area contributed by atoms with E-state index in [9.17, 15) is 13.6 Å². The van der Waals surface area contributed by atoms with Crippen molar-refractivity contribution in [3.63, 3.8) is 0 Å². The van der Waals surface area contributed by atoms with Crippen LogP contribution in [0.3, 0.4) is 0 Å². The summed E-state index contributed by atoms with van der Waals surface area (Å²) in [6.45, 7) is 2.74. The Kier molecular flexibility index (Phi) is 8.27. The van der Waals surface area contributed by atoms with Crippen molar-refractivity contribution in [2.45, 2.75) is 19.9 Å². The topological polar surface area (TPSA) is 32.3 Å². The molecule has 1 amide bonds. The van der Waals surface area contributed by atoms with Gasteiger partial charge in [-0.3, -0.25) is 4.79 Å². The molecule has 3 nitrogen and oxygen atoms in total. The van der Waals surface area contributed by atoms with Gasteiger partial charge in [0.15, 0.2) is 0 Å². The highest BCUT2D eigenvalue weighted by molar-refractivity contribution is 5.85. The Morgan fingerprint density at radius 2 is 1.89 bits per heavy atom. The molecule has 0 atom stereocenters. The average molecular weight is 293 g/mol. The Morgan fingerprint density at radius 3 is 2.37 bits per heavy atom. The molecule has 19 heavy (non-hydrogen) atoms. The Balaban J connectivity index is 0.00000324.